The number of aromatic nitrogens is 4. The number of tetrazole rings is 1. The van der Waals surface area contributed by atoms with Gasteiger partial charge in [0.05, 0.1) is 10.8 Å². The molecule has 0 aliphatic rings. The Bertz CT molecular complexity index is 486. The van der Waals surface area contributed by atoms with Gasteiger partial charge in [0.25, 0.3) is 0 Å². The summed E-state index contributed by atoms with van der Waals surface area (Å²) in [5, 5.41) is 12.4. The van der Waals surface area contributed by atoms with E-state index >= 15 is 0 Å². The maximum absolute atomic E-state index is 6.09. The molecule has 0 atom stereocenters. The van der Waals surface area contributed by atoms with E-state index in [1.807, 2.05) is 28.9 Å². The maximum Gasteiger partial charge on any atom is 0.161 e. The lowest BCUT2D eigenvalue weighted by Crippen LogP contribution is -2.04. The third-order valence-electron chi connectivity index (χ3n) is 2.23. The van der Waals surface area contributed by atoms with Gasteiger partial charge in [0.2, 0.25) is 0 Å². The van der Waals surface area contributed by atoms with Gasteiger partial charge < -0.3 is 0 Å². The summed E-state index contributed by atoms with van der Waals surface area (Å²) in [6.45, 7) is 2.96. The van der Waals surface area contributed by atoms with E-state index in [-0.39, 0.29) is 0 Å². The van der Waals surface area contributed by atoms with Crippen LogP contribution in [0.4, 0.5) is 0 Å². The molecule has 1 heterocycles. The zero-order chi connectivity index (χ0) is 12.1. The molecule has 0 aliphatic heterocycles. The minimum atomic E-state index is 0.733. The first kappa shape index (κ1) is 12.4. The zero-order valence-corrected chi connectivity index (χ0v) is 11.1. The van der Waals surface area contributed by atoms with E-state index in [4.69, 9.17) is 11.6 Å². The molecule has 90 valence electrons. The fourth-order valence-corrected chi connectivity index (χ4v) is 2.59. The van der Waals surface area contributed by atoms with Crippen LogP contribution in [-0.4, -0.2) is 20.2 Å². The van der Waals surface area contributed by atoms with Gasteiger partial charge in [-0.15, -0.1) is 16.9 Å². The van der Waals surface area contributed by atoms with Crippen LogP contribution in [0.3, 0.4) is 0 Å². The van der Waals surface area contributed by atoms with Crippen LogP contribution in [0.5, 0.6) is 0 Å². The van der Waals surface area contributed by atoms with Crippen LogP contribution in [0.1, 0.15) is 19.2 Å². The van der Waals surface area contributed by atoms with Crippen molar-refractivity contribution in [3.63, 3.8) is 0 Å². The van der Waals surface area contributed by atoms with Gasteiger partial charge >= 0.3 is 0 Å². The highest BCUT2D eigenvalue weighted by Gasteiger charge is 2.07. The summed E-state index contributed by atoms with van der Waals surface area (Å²) in [5.74, 6) is 1.62. The van der Waals surface area contributed by atoms with Crippen molar-refractivity contribution >= 4 is 23.4 Å². The van der Waals surface area contributed by atoms with Crippen molar-refractivity contribution in [2.75, 3.05) is 0 Å². The molecule has 6 heteroatoms. The van der Waals surface area contributed by atoms with Crippen molar-refractivity contribution in [2.45, 2.75) is 30.5 Å². The zero-order valence-electron chi connectivity index (χ0n) is 9.51. The van der Waals surface area contributed by atoms with E-state index in [1.165, 1.54) is 0 Å². The molecule has 0 unspecified atom stereocenters. The predicted octanol–water partition coefficient (Wildman–Crippen LogP) is 3.03. The van der Waals surface area contributed by atoms with Crippen LogP contribution in [0.25, 0.3) is 0 Å². The van der Waals surface area contributed by atoms with Crippen molar-refractivity contribution in [3.8, 4) is 0 Å². The monoisotopic (exact) mass is 268 g/mol. The Labute approximate surface area is 109 Å². The van der Waals surface area contributed by atoms with Crippen molar-refractivity contribution in [1.29, 1.82) is 0 Å². The number of hydrogen-bond acceptors (Lipinski definition) is 4. The molecule has 0 saturated carbocycles. The molecule has 0 spiro atoms. The Hall–Kier alpha value is -1.07. The normalized spacial score (nSPS) is 10.7. The summed E-state index contributed by atoms with van der Waals surface area (Å²) in [6.07, 6.45) is 1.02. The number of benzene rings is 1. The van der Waals surface area contributed by atoms with E-state index in [0.29, 0.717) is 0 Å². The lowest BCUT2D eigenvalue weighted by Gasteiger charge is -2.04. The number of halogens is 1. The summed E-state index contributed by atoms with van der Waals surface area (Å²) in [6, 6.07) is 7.79. The third-order valence-corrected chi connectivity index (χ3v) is 3.75. The third kappa shape index (κ3) is 3.20. The Balaban J connectivity index is 2.02. The summed E-state index contributed by atoms with van der Waals surface area (Å²) in [7, 11) is 0. The van der Waals surface area contributed by atoms with Gasteiger partial charge in [-0.1, -0.05) is 30.7 Å². The second kappa shape index (κ2) is 6.02. The van der Waals surface area contributed by atoms with Gasteiger partial charge in [-0.25, -0.2) is 4.68 Å². The van der Waals surface area contributed by atoms with Gasteiger partial charge in [0.1, 0.15) is 0 Å². The molecule has 17 heavy (non-hydrogen) atoms. The minimum absolute atomic E-state index is 0.733. The summed E-state index contributed by atoms with van der Waals surface area (Å²) >= 11 is 7.74. The number of nitrogens with zero attached hydrogens (tertiary/aromatic N) is 4. The van der Waals surface area contributed by atoms with Crippen LogP contribution < -0.4 is 0 Å². The van der Waals surface area contributed by atoms with Crippen molar-refractivity contribution in [3.05, 3.63) is 35.1 Å². The second-order valence-electron chi connectivity index (χ2n) is 3.54. The molecule has 0 fully saturated rings. The number of aryl methyl sites for hydroxylation is 1. The first-order chi connectivity index (χ1) is 8.31. The lowest BCUT2D eigenvalue weighted by molar-refractivity contribution is 0.564. The van der Waals surface area contributed by atoms with Crippen molar-refractivity contribution in [1.82, 2.24) is 20.2 Å². The molecular weight excluding hydrogens is 256 g/mol. The SMILES string of the molecule is CCCn1nnnc1CSc1ccccc1Cl. The average Bonchev–Trinajstić information content (AvgIpc) is 2.76. The van der Waals surface area contributed by atoms with E-state index in [1.54, 1.807) is 11.8 Å². The first-order valence-electron chi connectivity index (χ1n) is 5.43. The van der Waals surface area contributed by atoms with Crippen LogP contribution in [-0.2, 0) is 12.3 Å². The van der Waals surface area contributed by atoms with Gasteiger partial charge in [-0.05, 0) is 29.0 Å². The lowest BCUT2D eigenvalue weighted by atomic mass is 10.4. The molecule has 4 nitrogen and oxygen atoms in total. The predicted molar refractivity (Wildman–Crippen MR) is 69.1 cm³/mol. The van der Waals surface area contributed by atoms with Crippen molar-refractivity contribution < 1.29 is 0 Å². The van der Waals surface area contributed by atoms with Crippen LogP contribution >= 0.6 is 23.4 Å². The molecule has 1 aromatic heterocycles. The molecule has 2 aromatic rings. The highest BCUT2D eigenvalue weighted by Crippen LogP contribution is 2.28. The highest BCUT2D eigenvalue weighted by atomic mass is 35.5. The van der Waals surface area contributed by atoms with Gasteiger partial charge in [0.15, 0.2) is 5.82 Å². The molecule has 0 amide bonds. The number of thioether (sulfide) groups is 1. The van der Waals surface area contributed by atoms with Crippen molar-refractivity contribution in [2.24, 2.45) is 0 Å². The van der Waals surface area contributed by atoms with Gasteiger partial charge in [0, 0.05) is 11.4 Å². The second-order valence-corrected chi connectivity index (χ2v) is 4.96. The molecular formula is C11H13ClN4S. The molecule has 0 radical (unpaired) electrons. The Morgan fingerprint density at radius 3 is 2.94 bits per heavy atom. The van der Waals surface area contributed by atoms with Gasteiger partial charge in [-0.2, -0.15) is 0 Å². The minimum Gasteiger partial charge on any atom is -0.229 e. The fraction of sp³-hybridized carbons (Fsp3) is 0.364. The summed E-state index contributed by atoms with van der Waals surface area (Å²) < 4.78 is 1.84. The highest BCUT2D eigenvalue weighted by molar-refractivity contribution is 7.98. The Morgan fingerprint density at radius 2 is 2.18 bits per heavy atom. The summed E-state index contributed by atoms with van der Waals surface area (Å²) in [4.78, 5) is 1.06. The van der Waals surface area contributed by atoms with E-state index < -0.39 is 0 Å². The Morgan fingerprint density at radius 1 is 1.35 bits per heavy atom. The van der Waals surface area contributed by atoms with Crippen LogP contribution in [0.15, 0.2) is 29.2 Å². The fourth-order valence-electron chi connectivity index (χ4n) is 1.42. The first-order valence-corrected chi connectivity index (χ1v) is 6.80. The Kier molecular flexibility index (Phi) is 4.39. The molecule has 0 N–H and O–H groups in total. The van der Waals surface area contributed by atoms with Gasteiger partial charge in [-0.3, -0.25) is 0 Å². The molecule has 0 bridgehead atoms. The number of hydrogen-bond donors (Lipinski definition) is 0. The van der Waals surface area contributed by atoms with E-state index in [2.05, 4.69) is 22.4 Å². The van der Waals surface area contributed by atoms with E-state index in [9.17, 15) is 0 Å². The quantitative estimate of drug-likeness (QED) is 0.782. The molecule has 0 saturated heterocycles. The number of rotatable bonds is 5. The standard InChI is InChI=1S/C11H13ClN4S/c1-2-7-16-11(13-14-15-16)8-17-10-6-4-3-5-9(10)12/h3-6H,2,7-8H2,1H3. The van der Waals surface area contributed by atoms with Crippen LogP contribution in [0, 0.1) is 0 Å². The molecule has 2 rings (SSSR count). The van der Waals surface area contributed by atoms with E-state index in [0.717, 1.165) is 34.5 Å². The van der Waals surface area contributed by atoms with Crippen LogP contribution in [0.2, 0.25) is 5.02 Å². The molecule has 0 aliphatic carbocycles. The smallest absolute Gasteiger partial charge is 0.161 e. The average molecular weight is 269 g/mol. The molecule has 1 aromatic carbocycles. The maximum atomic E-state index is 6.09. The topological polar surface area (TPSA) is 43.6 Å². The summed E-state index contributed by atoms with van der Waals surface area (Å²) in [5.41, 5.74) is 0. The largest absolute Gasteiger partial charge is 0.229 e.